The molecule has 0 saturated heterocycles. The predicted molar refractivity (Wildman–Crippen MR) is 81.4 cm³/mol. The molecule has 2 aromatic heterocycles. The second-order valence-electron chi connectivity index (χ2n) is 5.42. The fourth-order valence-electron chi connectivity index (χ4n) is 2.71. The van der Waals surface area contributed by atoms with Crippen LogP contribution >= 0.6 is 0 Å². The number of aromatic nitrogens is 3. The van der Waals surface area contributed by atoms with Crippen LogP contribution in [0.3, 0.4) is 0 Å². The quantitative estimate of drug-likeness (QED) is 0.879. The van der Waals surface area contributed by atoms with Crippen LogP contribution < -0.4 is 10.1 Å². The second-order valence-corrected chi connectivity index (χ2v) is 5.42. The Labute approximate surface area is 129 Å². The fraction of sp³-hybridized carbons (Fsp3) is 0.438. The lowest BCUT2D eigenvalue weighted by molar-refractivity contribution is -0.125. The van der Waals surface area contributed by atoms with Gasteiger partial charge in [0.15, 0.2) is 0 Å². The number of imidazole rings is 1. The number of aryl methyl sites for hydroxylation is 1. The molecule has 6 heteroatoms. The van der Waals surface area contributed by atoms with Crippen LogP contribution in [0.25, 0.3) is 0 Å². The summed E-state index contributed by atoms with van der Waals surface area (Å²) in [4.78, 5) is 23.9. The predicted octanol–water partition coefficient (Wildman–Crippen LogP) is 1.62. The molecule has 1 amide bonds. The van der Waals surface area contributed by atoms with Crippen LogP contribution in [0.1, 0.15) is 30.3 Å². The number of rotatable bonds is 5. The molecule has 1 aliphatic rings. The maximum Gasteiger partial charge on any atom is 0.223 e. The van der Waals surface area contributed by atoms with Crippen LogP contribution in [0.5, 0.6) is 5.88 Å². The molecule has 6 nitrogen and oxygen atoms in total. The van der Waals surface area contributed by atoms with Crippen LogP contribution in [0.15, 0.2) is 24.7 Å². The van der Waals surface area contributed by atoms with Crippen molar-refractivity contribution in [2.75, 3.05) is 6.61 Å². The zero-order chi connectivity index (χ0) is 15.4. The Balaban J connectivity index is 1.52. The minimum absolute atomic E-state index is 0.0172. The van der Waals surface area contributed by atoms with E-state index < -0.39 is 0 Å². The molecular formula is C16H20N4O2. The van der Waals surface area contributed by atoms with Crippen LogP contribution in [0.2, 0.25) is 0 Å². The average molecular weight is 300 g/mol. The zero-order valence-electron chi connectivity index (χ0n) is 12.6. The Morgan fingerprint density at radius 1 is 1.45 bits per heavy atom. The Bertz CT molecular complexity index is 636. The van der Waals surface area contributed by atoms with Gasteiger partial charge in [-0.2, -0.15) is 0 Å². The van der Waals surface area contributed by atoms with E-state index in [2.05, 4.69) is 20.3 Å². The third-order valence-electron chi connectivity index (χ3n) is 3.91. The molecule has 1 unspecified atom stereocenters. The highest BCUT2D eigenvalue weighted by Gasteiger charge is 2.25. The number of hydrogen-bond donors (Lipinski definition) is 2. The summed E-state index contributed by atoms with van der Waals surface area (Å²) in [6.45, 7) is 3.01. The fourth-order valence-corrected chi connectivity index (χ4v) is 2.71. The number of pyridine rings is 1. The van der Waals surface area contributed by atoms with E-state index in [1.807, 2.05) is 19.1 Å². The number of hydrogen-bond acceptors (Lipinski definition) is 4. The van der Waals surface area contributed by atoms with Gasteiger partial charge in [-0.1, -0.05) is 6.07 Å². The third kappa shape index (κ3) is 3.27. The van der Waals surface area contributed by atoms with Gasteiger partial charge in [0.25, 0.3) is 0 Å². The highest BCUT2D eigenvalue weighted by Crippen LogP contribution is 2.23. The van der Waals surface area contributed by atoms with Gasteiger partial charge in [-0.05, 0) is 25.3 Å². The van der Waals surface area contributed by atoms with E-state index in [0.29, 0.717) is 19.0 Å². The third-order valence-corrected chi connectivity index (χ3v) is 3.91. The number of carbonyl (C=O) groups is 1. The van der Waals surface area contributed by atoms with Gasteiger partial charge in [0.1, 0.15) is 0 Å². The standard InChI is InChI=1S/C16H20N4O2/c1-2-22-15-6-3-11(8-17-15)9-18-16(21)12-4-5-13-14(7-12)20-10-19-13/h3,6,8,10,12H,2,4-5,7,9H2,1H3,(H,18,21)(H,19,20). The Hall–Kier alpha value is -2.37. The van der Waals surface area contributed by atoms with Crippen LogP contribution in [-0.4, -0.2) is 27.5 Å². The Morgan fingerprint density at radius 2 is 2.36 bits per heavy atom. The molecular weight excluding hydrogens is 280 g/mol. The van der Waals surface area contributed by atoms with Crippen LogP contribution in [0, 0.1) is 5.92 Å². The van der Waals surface area contributed by atoms with Gasteiger partial charge in [0.05, 0.1) is 18.6 Å². The van der Waals surface area contributed by atoms with E-state index in [1.165, 1.54) is 0 Å². The molecule has 0 aliphatic heterocycles. The molecule has 0 radical (unpaired) electrons. The highest BCUT2D eigenvalue weighted by molar-refractivity contribution is 5.79. The lowest BCUT2D eigenvalue weighted by atomic mass is 9.89. The largest absolute Gasteiger partial charge is 0.478 e. The summed E-state index contributed by atoms with van der Waals surface area (Å²) in [6.07, 6.45) is 5.89. The summed E-state index contributed by atoms with van der Waals surface area (Å²) in [5, 5.41) is 2.99. The number of ether oxygens (including phenoxy) is 1. The van der Waals surface area contributed by atoms with E-state index in [1.54, 1.807) is 12.5 Å². The number of fused-ring (bicyclic) bond motifs is 1. The van der Waals surface area contributed by atoms with Crippen molar-refractivity contribution in [3.63, 3.8) is 0 Å². The molecule has 0 saturated carbocycles. The molecule has 2 aromatic rings. The summed E-state index contributed by atoms with van der Waals surface area (Å²) in [6, 6.07) is 3.74. The van der Waals surface area contributed by atoms with Crippen LogP contribution in [0.4, 0.5) is 0 Å². The highest BCUT2D eigenvalue weighted by atomic mass is 16.5. The number of nitrogens with one attached hydrogen (secondary N) is 2. The molecule has 2 N–H and O–H groups in total. The van der Waals surface area contributed by atoms with E-state index in [9.17, 15) is 4.79 Å². The molecule has 0 aromatic carbocycles. The van der Waals surface area contributed by atoms with Crippen molar-refractivity contribution >= 4 is 5.91 Å². The average Bonchev–Trinajstić information content (AvgIpc) is 3.01. The number of amides is 1. The van der Waals surface area contributed by atoms with Gasteiger partial charge in [0, 0.05) is 36.8 Å². The minimum Gasteiger partial charge on any atom is -0.478 e. The molecule has 0 bridgehead atoms. The van der Waals surface area contributed by atoms with E-state index in [4.69, 9.17) is 4.74 Å². The lowest BCUT2D eigenvalue weighted by Crippen LogP contribution is -2.33. The van der Waals surface area contributed by atoms with Gasteiger partial charge < -0.3 is 15.0 Å². The molecule has 116 valence electrons. The van der Waals surface area contributed by atoms with Gasteiger partial charge in [-0.3, -0.25) is 4.79 Å². The lowest BCUT2D eigenvalue weighted by Gasteiger charge is -2.20. The molecule has 2 heterocycles. The SMILES string of the molecule is CCOc1ccc(CNC(=O)C2CCc3nc[nH]c3C2)cn1. The van der Waals surface area contributed by atoms with E-state index in [-0.39, 0.29) is 11.8 Å². The maximum atomic E-state index is 12.3. The van der Waals surface area contributed by atoms with Crippen molar-refractivity contribution in [3.8, 4) is 5.88 Å². The van der Waals surface area contributed by atoms with Crippen molar-refractivity contribution < 1.29 is 9.53 Å². The topological polar surface area (TPSA) is 79.9 Å². The summed E-state index contributed by atoms with van der Waals surface area (Å²) < 4.78 is 5.30. The molecule has 1 atom stereocenters. The molecule has 0 spiro atoms. The molecule has 22 heavy (non-hydrogen) atoms. The van der Waals surface area contributed by atoms with Gasteiger partial charge in [0.2, 0.25) is 11.8 Å². The number of nitrogens with zero attached hydrogens (tertiary/aromatic N) is 2. The van der Waals surface area contributed by atoms with Gasteiger partial charge >= 0.3 is 0 Å². The first-order valence-corrected chi connectivity index (χ1v) is 7.63. The second kappa shape index (κ2) is 6.60. The normalized spacial score (nSPS) is 16.9. The van der Waals surface area contributed by atoms with E-state index >= 15 is 0 Å². The van der Waals surface area contributed by atoms with Crippen molar-refractivity contribution in [2.24, 2.45) is 5.92 Å². The first-order valence-electron chi connectivity index (χ1n) is 7.63. The molecule has 1 aliphatic carbocycles. The number of carbonyl (C=O) groups excluding carboxylic acids is 1. The van der Waals surface area contributed by atoms with E-state index in [0.717, 1.165) is 36.2 Å². The minimum atomic E-state index is 0.0172. The summed E-state index contributed by atoms with van der Waals surface area (Å²) in [7, 11) is 0. The number of H-pyrrole nitrogens is 1. The van der Waals surface area contributed by atoms with Crippen molar-refractivity contribution in [1.82, 2.24) is 20.3 Å². The summed E-state index contributed by atoms with van der Waals surface area (Å²) in [5.41, 5.74) is 3.16. The Morgan fingerprint density at radius 3 is 3.14 bits per heavy atom. The monoisotopic (exact) mass is 300 g/mol. The van der Waals surface area contributed by atoms with Gasteiger partial charge in [-0.15, -0.1) is 0 Å². The maximum absolute atomic E-state index is 12.3. The van der Waals surface area contributed by atoms with Gasteiger partial charge in [-0.25, -0.2) is 9.97 Å². The summed E-state index contributed by atoms with van der Waals surface area (Å²) >= 11 is 0. The van der Waals surface area contributed by atoms with Crippen molar-refractivity contribution in [2.45, 2.75) is 32.7 Å². The first-order chi connectivity index (χ1) is 10.8. The first kappa shape index (κ1) is 14.6. The zero-order valence-corrected chi connectivity index (χ0v) is 12.6. The summed E-state index contributed by atoms with van der Waals surface area (Å²) in [5.74, 6) is 0.717. The molecule has 0 fully saturated rings. The van der Waals surface area contributed by atoms with Crippen LogP contribution in [-0.2, 0) is 24.2 Å². The van der Waals surface area contributed by atoms with Crippen molar-refractivity contribution in [3.05, 3.63) is 41.6 Å². The Kier molecular flexibility index (Phi) is 4.37. The smallest absolute Gasteiger partial charge is 0.223 e. The van der Waals surface area contributed by atoms with Crippen molar-refractivity contribution in [1.29, 1.82) is 0 Å². The molecule has 3 rings (SSSR count). The number of aromatic amines is 1.